The van der Waals surface area contributed by atoms with E-state index in [-0.39, 0.29) is 22.5 Å². The molecule has 0 aliphatic heterocycles. The first kappa shape index (κ1) is 27.3. The van der Waals surface area contributed by atoms with Crippen LogP contribution in [0.2, 0.25) is 0 Å². The van der Waals surface area contributed by atoms with Crippen LogP contribution in [0.1, 0.15) is 48.5 Å². The van der Waals surface area contributed by atoms with Crippen LogP contribution in [-0.2, 0) is 16.6 Å². The van der Waals surface area contributed by atoms with Crippen molar-refractivity contribution in [1.82, 2.24) is 10.0 Å². The number of sulfonamides is 1. The highest BCUT2D eigenvalue weighted by molar-refractivity contribution is 7.89. The number of hydrogen-bond acceptors (Lipinski definition) is 5. The van der Waals surface area contributed by atoms with E-state index >= 15 is 0 Å². The normalized spacial score (nSPS) is 11.0. The lowest BCUT2D eigenvalue weighted by Crippen LogP contribution is -2.34. The largest absolute Gasteiger partial charge is 0.493 e. The number of hydrogen-bond donors (Lipinski definition) is 3. The number of carbonyl (C=O) groups excluding carboxylic acids is 1. The van der Waals surface area contributed by atoms with Crippen LogP contribution in [0.15, 0.2) is 83.8 Å². The standard InChI is InChI=1S/C27H31N3O4S2/c1-2-3-4-10-19-34-25-14-9-8-13-24(25)26(31)30-27(35)29-22-15-17-23(18-16-22)36(32,33)28-20-21-11-6-5-7-12-21/h5-9,11-18,28H,2-4,10,19-20H2,1H3,(H2,29,30,31,35). The quantitative estimate of drug-likeness (QED) is 0.221. The molecule has 3 N–H and O–H groups in total. The summed E-state index contributed by atoms with van der Waals surface area (Å²) in [5.41, 5.74) is 1.80. The Hall–Kier alpha value is -3.27. The van der Waals surface area contributed by atoms with Gasteiger partial charge in [0.05, 0.1) is 17.1 Å². The number of unbranched alkanes of at least 4 members (excludes halogenated alkanes) is 3. The Morgan fingerprint density at radius 3 is 2.31 bits per heavy atom. The van der Waals surface area contributed by atoms with E-state index in [9.17, 15) is 13.2 Å². The third-order valence-corrected chi connectivity index (χ3v) is 6.97. The van der Waals surface area contributed by atoms with Crippen molar-refractivity contribution in [2.75, 3.05) is 11.9 Å². The van der Waals surface area contributed by atoms with Crippen molar-refractivity contribution in [1.29, 1.82) is 0 Å². The molecule has 0 atom stereocenters. The Bertz CT molecular complexity index is 1250. The molecule has 0 radical (unpaired) electrons. The number of ether oxygens (including phenoxy) is 1. The molecule has 0 unspecified atom stereocenters. The second-order valence-corrected chi connectivity index (χ2v) is 10.3. The molecule has 0 saturated carbocycles. The molecule has 9 heteroatoms. The average Bonchev–Trinajstić information content (AvgIpc) is 2.88. The molecule has 3 rings (SSSR count). The van der Waals surface area contributed by atoms with Gasteiger partial charge in [-0.2, -0.15) is 0 Å². The molecular weight excluding hydrogens is 494 g/mol. The van der Waals surface area contributed by atoms with E-state index in [0.29, 0.717) is 23.6 Å². The molecule has 0 heterocycles. The lowest BCUT2D eigenvalue weighted by Gasteiger charge is -2.13. The van der Waals surface area contributed by atoms with Crippen LogP contribution in [0.5, 0.6) is 5.75 Å². The second kappa shape index (κ2) is 13.7. The van der Waals surface area contributed by atoms with Gasteiger partial charge >= 0.3 is 0 Å². The molecule has 1 amide bonds. The fraction of sp³-hybridized carbons (Fsp3) is 0.259. The second-order valence-electron chi connectivity index (χ2n) is 8.15. The summed E-state index contributed by atoms with van der Waals surface area (Å²) >= 11 is 5.28. The predicted molar refractivity (Wildman–Crippen MR) is 147 cm³/mol. The molecule has 0 fully saturated rings. The highest BCUT2D eigenvalue weighted by atomic mass is 32.2. The summed E-state index contributed by atoms with van der Waals surface area (Å²) in [6.45, 7) is 2.89. The number of carbonyl (C=O) groups is 1. The van der Waals surface area contributed by atoms with Gasteiger partial charge in [0.1, 0.15) is 5.75 Å². The van der Waals surface area contributed by atoms with Gasteiger partial charge in [0.2, 0.25) is 10.0 Å². The highest BCUT2D eigenvalue weighted by Gasteiger charge is 2.15. The minimum Gasteiger partial charge on any atom is -0.493 e. The van der Waals surface area contributed by atoms with Crippen molar-refractivity contribution in [3.63, 3.8) is 0 Å². The van der Waals surface area contributed by atoms with E-state index in [1.54, 1.807) is 30.3 Å². The lowest BCUT2D eigenvalue weighted by molar-refractivity contribution is 0.0973. The fourth-order valence-corrected chi connectivity index (χ4v) is 4.63. The predicted octanol–water partition coefficient (Wildman–Crippen LogP) is 5.25. The Kier molecular flexibility index (Phi) is 10.4. The zero-order valence-corrected chi connectivity index (χ0v) is 21.8. The van der Waals surface area contributed by atoms with Crippen molar-refractivity contribution >= 4 is 38.9 Å². The first-order valence-electron chi connectivity index (χ1n) is 11.9. The molecule has 190 valence electrons. The average molecular weight is 526 g/mol. The SMILES string of the molecule is CCCCCCOc1ccccc1C(=O)NC(=S)Nc1ccc(S(=O)(=O)NCc2ccccc2)cc1. The van der Waals surface area contributed by atoms with Gasteiger partial charge in [-0.1, -0.05) is 68.7 Å². The number of nitrogens with one attached hydrogen (secondary N) is 3. The molecule has 36 heavy (non-hydrogen) atoms. The van der Waals surface area contributed by atoms with Gasteiger partial charge in [-0.05, 0) is 60.6 Å². The minimum atomic E-state index is -3.67. The van der Waals surface area contributed by atoms with Gasteiger partial charge in [-0.25, -0.2) is 13.1 Å². The highest BCUT2D eigenvalue weighted by Crippen LogP contribution is 2.19. The third-order valence-electron chi connectivity index (χ3n) is 5.35. The topological polar surface area (TPSA) is 96.5 Å². The number of amides is 1. The molecule has 0 aliphatic carbocycles. The number of benzene rings is 3. The Morgan fingerprint density at radius 2 is 1.58 bits per heavy atom. The van der Waals surface area contributed by atoms with E-state index in [2.05, 4.69) is 22.3 Å². The van der Waals surface area contributed by atoms with Gasteiger partial charge in [0.25, 0.3) is 5.91 Å². The first-order valence-corrected chi connectivity index (χ1v) is 13.8. The first-order chi connectivity index (χ1) is 17.4. The van der Waals surface area contributed by atoms with Crippen molar-refractivity contribution in [2.45, 2.75) is 44.0 Å². The van der Waals surface area contributed by atoms with Crippen molar-refractivity contribution in [2.24, 2.45) is 0 Å². The number of thiocarbonyl (C=S) groups is 1. The van der Waals surface area contributed by atoms with Crippen LogP contribution in [0, 0.1) is 0 Å². The van der Waals surface area contributed by atoms with Crippen LogP contribution in [0.25, 0.3) is 0 Å². The number of para-hydroxylation sites is 1. The number of anilines is 1. The summed E-state index contributed by atoms with van der Waals surface area (Å²) in [5, 5.41) is 5.65. The molecule has 3 aromatic rings. The smallest absolute Gasteiger partial charge is 0.261 e. The van der Waals surface area contributed by atoms with Crippen LogP contribution in [-0.4, -0.2) is 26.0 Å². The Labute approximate surface area is 218 Å². The van der Waals surface area contributed by atoms with Crippen molar-refractivity contribution in [3.8, 4) is 5.75 Å². The van der Waals surface area contributed by atoms with E-state index in [1.807, 2.05) is 36.4 Å². The lowest BCUT2D eigenvalue weighted by atomic mass is 10.2. The zero-order chi connectivity index (χ0) is 25.8. The minimum absolute atomic E-state index is 0.0931. The molecule has 0 aliphatic rings. The molecule has 0 spiro atoms. The monoisotopic (exact) mass is 525 g/mol. The summed E-state index contributed by atoms with van der Waals surface area (Å²) in [6, 6.07) is 22.4. The van der Waals surface area contributed by atoms with Crippen molar-refractivity contribution < 1.29 is 17.9 Å². The molecule has 0 aromatic heterocycles. The van der Waals surface area contributed by atoms with Gasteiger partial charge in [0, 0.05) is 12.2 Å². The van der Waals surface area contributed by atoms with Crippen LogP contribution in [0.3, 0.4) is 0 Å². The summed E-state index contributed by atoms with van der Waals surface area (Å²) in [6.07, 6.45) is 4.31. The Balaban J connectivity index is 1.54. The maximum Gasteiger partial charge on any atom is 0.261 e. The van der Waals surface area contributed by atoms with Gasteiger partial charge in [0.15, 0.2) is 5.11 Å². The Morgan fingerprint density at radius 1 is 0.889 bits per heavy atom. The third kappa shape index (κ3) is 8.44. The summed E-state index contributed by atoms with van der Waals surface area (Å²) in [7, 11) is -3.67. The number of rotatable bonds is 12. The van der Waals surface area contributed by atoms with Crippen molar-refractivity contribution in [3.05, 3.63) is 90.0 Å². The van der Waals surface area contributed by atoms with Gasteiger partial charge < -0.3 is 10.1 Å². The molecule has 0 bridgehead atoms. The maximum atomic E-state index is 12.8. The summed E-state index contributed by atoms with van der Waals surface area (Å²) in [5.74, 6) is 0.118. The maximum absolute atomic E-state index is 12.8. The van der Waals surface area contributed by atoms with E-state index in [0.717, 1.165) is 31.2 Å². The molecule has 3 aromatic carbocycles. The molecule has 0 saturated heterocycles. The van der Waals surface area contributed by atoms with E-state index in [4.69, 9.17) is 17.0 Å². The fourth-order valence-electron chi connectivity index (χ4n) is 3.40. The van der Waals surface area contributed by atoms with Gasteiger partial charge in [-0.3, -0.25) is 10.1 Å². The van der Waals surface area contributed by atoms with Crippen LogP contribution >= 0.6 is 12.2 Å². The van der Waals surface area contributed by atoms with Gasteiger partial charge in [-0.15, -0.1) is 0 Å². The summed E-state index contributed by atoms with van der Waals surface area (Å²) in [4.78, 5) is 12.9. The zero-order valence-electron chi connectivity index (χ0n) is 20.2. The molecule has 7 nitrogen and oxygen atoms in total. The molecular formula is C27H31N3O4S2. The van der Waals surface area contributed by atoms with E-state index < -0.39 is 10.0 Å². The summed E-state index contributed by atoms with van der Waals surface area (Å²) < 4.78 is 33.5. The van der Waals surface area contributed by atoms with Crippen LogP contribution in [0.4, 0.5) is 5.69 Å². The van der Waals surface area contributed by atoms with Crippen LogP contribution < -0.4 is 20.1 Å². The van der Waals surface area contributed by atoms with E-state index in [1.165, 1.54) is 12.1 Å².